The van der Waals surface area contributed by atoms with Gasteiger partial charge >= 0.3 is 0 Å². The summed E-state index contributed by atoms with van der Waals surface area (Å²) in [7, 11) is 1.68. The molecule has 0 amide bonds. The van der Waals surface area contributed by atoms with Gasteiger partial charge in [-0.25, -0.2) is 5.01 Å². The molecule has 0 heterocycles. The Kier molecular flexibility index (Phi) is 9.06. The number of benzene rings is 2. The normalized spacial score (nSPS) is 12.6. The largest absolute Gasteiger partial charge is 0.500 e. The Morgan fingerprint density at radius 2 is 1.16 bits per heavy atom. The summed E-state index contributed by atoms with van der Waals surface area (Å²) >= 11 is 0. The number of allylic oxidation sites excluding steroid dienone is 1. The molecule has 0 spiro atoms. The molecule has 0 fully saturated rings. The van der Waals surface area contributed by atoms with Crippen LogP contribution in [0.4, 0.5) is 11.4 Å². The maximum Gasteiger partial charge on any atom is 0.111 e. The predicted molar refractivity (Wildman–Crippen MR) is 137 cm³/mol. The van der Waals surface area contributed by atoms with E-state index in [1.165, 1.54) is 22.3 Å². The van der Waals surface area contributed by atoms with E-state index in [2.05, 4.69) is 91.8 Å². The number of rotatable bonds is 9. The van der Waals surface area contributed by atoms with Crippen molar-refractivity contribution in [2.24, 2.45) is 10.3 Å². The highest BCUT2D eigenvalue weighted by atomic mass is 16.5. The van der Waals surface area contributed by atoms with Gasteiger partial charge in [0.2, 0.25) is 0 Å². The third kappa shape index (κ3) is 5.99. The minimum Gasteiger partial charge on any atom is -0.500 e. The fourth-order valence-corrected chi connectivity index (χ4v) is 3.86. The van der Waals surface area contributed by atoms with Crippen molar-refractivity contribution in [1.29, 1.82) is 0 Å². The van der Waals surface area contributed by atoms with Crippen LogP contribution in [0.25, 0.3) is 0 Å². The molecule has 32 heavy (non-hydrogen) atoms. The molecular formula is C28H41N3O. The number of nitrogens with zero attached hydrogens (tertiary/aromatic N) is 3. The van der Waals surface area contributed by atoms with Crippen LogP contribution in [0.2, 0.25) is 0 Å². The molecule has 0 aliphatic carbocycles. The highest BCUT2D eigenvalue weighted by molar-refractivity contribution is 5.63. The molecule has 0 aromatic heterocycles. The van der Waals surface area contributed by atoms with Crippen molar-refractivity contribution < 1.29 is 4.74 Å². The van der Waals surface area contributed by atoms with Crippen molar-refractivity contribution in [3.8, 4) is 0 Å². The van der Waals surface area contributed by atoms with Crippen molar-refractivity contribution in [1.82, 2.24) is 0 Å². The molecule has 2 aromatic rings. The van der Waals surface area contributed by atoms with E-state index in [4.69, 9.17) is 15.1 Å². The predicted octanol–water partition coefficient (Wildman–Crippen LogP) is 9.19. The quantitative estimate of drug-likeness (QED) is 0.224. The second-order valence-corrected chi connectivity index (χ2v) is 9.67. The van der Waals surface area contributed by atoms with Crippen LogP contribution in [0.3, 0.4) is 0 Å². The van der Waals surface area contributed by atoms with Crippen LogP contribution >= 0.6 is 0 Å². The summed E-state index contributed by atoms with van der Waals surface area (Å²) in [6.07, 6.45) is 1.93. The van der Waals surface area contributed by atoms with Gasteiger partial charge in [0.05, 0.1) is 24.7 Å². The molecule has 0 aliphatic rings. The molecule has 0 saturated heterocycles. The zero-order valence-corrected chi connectivity index (χ0v) is 21.6. The van der Waals surface area contributed by atoms with Crippen LogP contribution < -0.4 is 5.01 Å². The Morgan fingerprint density at radius 3 is 1.53 bits per heavy atom. The fourth-order valence-electron chi connectivity index (χ4n) is 3.86. The molecule has 0 radical (unpaired) electrons. The molecule has 0 unspecified atom stereocenters. The average molecular weight is 436 g/mol. The van der Waals surface area contributed by atoms with Gasteiger partial charge in [0.15, 0.2) is 0 Å². The first-order valence-electron chi connectivity index (χ1n) is 11.8. The maximum absolute atomic E-state index is 5.50. The van der Waals surface area contributed by atoms with Gasteiger partial charge in [-0.3, -0.25) is 0 Å². The molecule has 174 valence electrons. The van der Waals surface area contributed by atoms with E-state index in [9.17, 15) is 0 Å². The lowest BCUT2D eigenvalue weighted by Gasteiger charge is -2.25. The van der Waals surface area contributed by atoms with Crippen LogP contribution in [-0.4, -0.2) is 7.11 Å². The van der Waals surface area contributed by atoms with Crippen molar-refractivity contribution in [2.75, 3.05) is 12.1 Å². The third-order valence-corrected chi connectivity index (χ3v) is 5.78. The number of hydrogen-bond acceptors (Lipinski definition) is 3. The Balaban J connectivity index is 2.76. The lowest BCUT2D eigenvalue weighted by atomic mass is 9.92. The Morgan fingerprint density at radius 1 is 0.750 bits per heavy atom. The lowest BCUT2D eigenvalue weighted by Crippen LogP contribution is -2.14. The maximum atomic E-state index is 5.50. The summed E-state index contributed by atoms with van der Waals surface area (Å²) in [6.45, 7) is 19.6. The Labute approximate surface area is 195 Å². The van der Waals surface area contributed by atoms with E-state index in [1.807, 2.05) is 18.1 Å². The average Bonchev–Trinajstić information content (AvgIpc) is 2.75. The van der Waals surface area contributed by atoms with E-state index in [0.29, 0.717) is 23.7 Å². The van der Waals surface area contributed by atoms with Crippen molar-refractivity contribution >= 4 is 11.4 Å². The summed E-state index contributed by atoms with van der Waals surface area (Å²) < 4.78 is 5.50. The molecule has 2 rings (SSSR count). The summed E-state index contributed by atoms with van der Waals surface area (Å²) in [6, 6.07) is 13.0. The van der Waals surface area contributed by atoms with Crippen LogP contribution in [0.1, 0.15) is 108 Å². The highest BCUT2D eigenvalue weighted by Gasteiger charge is 2.20. The van der Waals surface area contributed by atoms with Crippen LogP contribution in [0.5, 0.6) is 0 Å². The zero-order chi connectivity index (χ0) is 24.0. The van der Waals surface area contributed by atoms with Gasteiger partial charge in [-0.15, -0.1) is 5.11 Å². The molecule has 2 aromatic carbocycles. The van der Waals surface area contributed by atoms with E-state index >= 15 is 0 Å². The first-order valence-corrected chi connectivity index (χ1v) is 11.8. The second kappa shape index (κ2) is 11.3. The number of hydrogen-bond donors (Lipinski definition) is 0. The van der Waals surface area contributed by atoms with Crippen molar-refractivity contribution in [2.45, 2.75) is 86.0 Å². The molecule has 0 atom stereocenters. The van der Waals surface area contributed by atoms with Gasteiger partial charge in [-0.1, -0.05) is 97.0 Å². The molecule has 0 bridgehead atoms. The van der Waals surface area contributed by atoms with Gasteiger partial charge in [0.1, 0.15) is 5.76 Å². The summed E-state index contributed by atoms with van der Waals surface area (Å²) in [5.74, 6) is 2.21. The van der Waals surface area contributed by atoms with E-state index in [-0.39, 0.29) is 0 Å². The molecule has 0 aliphatic heterocycles. The van der Waals surface area contributed by atoms with Gasteiger partial charge in [-0.05, 0) is 52.8 Å². The molecule has 0 N–H and O–H groups in total. The third-order valence-electron chi connectivity index (χ3n) is 5.78. The summed E-state index contributed by atoms with van der Waals surface area (Å²) in [4.78, 5) is 0. The van der Waals surface area contributed by atoms with Gasteiger partial charge in [0.25, 0.3) is 0 Å². The molecule has 4 nitrogen and oxygen atoms in total. The van der Waals surface area contributed by atoms with E-state index in [1.54, 1.807) is 7.11 Å². The summed E-state index contributed by atoms with van der Waals surface area (Å²) in [5, 5.41) is 11.6. The molecule has 0 saturated carbocycles. The minimum atomic E-state index is 0.354. The number of ether oxygens (including phenoxy) is 1. The van der Waals surface area contributed by atoms with Crippen LogP contribution in [0, 0.1) is 0 Å². The SMILES string of the molecule is CO/C(C)=C/N(/N=N/c1c(C(C)C)cccc1C(C)C)c1c(C(C)C)cccc1C(C)C. The number of methoxy groups -OCH3 is 1. The number of para-hydroxylation sites is 1. The second-order valence-electron chi connectivity index (χ2n) is 9.67. The van der Waals surface area contributed by atoms with E-state index < -0.39 is 0 Å². The van der Waals surface area contributed by atoms with Gasteiger partial charge < -0.3 is 4.74 Å². The first-order chi connectivity index (χ1) is 15.1. The standard InChI is InChI=1S/C28H41N3O/c1-18(2)23-13-11-14-24(19(3)4)27(23)29-30-31(17-22(9)32-10)28-25(20(5)6)15-12-16-26(28)21(7)8/h11-21H,1-10H3/b22-17+,30-29+. The van der Waals surface area contributed by atoms with E-state index in [0.717, 1.165) is 17.1 Å². The highest BCUT2D eigenvalue weighted by Crippen LogP contribution is 2.38. The van der Waals surface area contributed by atoms with Gasteiger partial charge in [-0.2, -0.15) is 0 Å². The smallest absolute Gasteiger partial charge is 0.111 e. The topological polar surface area (TPSA) is 37.2 Å². The summed E-state index contributed by atoms with van der Waals surface area (Å²) in [5.41, 5.74) is 6.99. The molecule has 4 heteroatoms. The minimum absolute atomic E-state index is 0.354. The Hall–Kier alpha value is -2.62. The lowest BCUT2D eigenvalue weighted by molar-refractivity contribution is 0.292. The first kappa shape index (κ1) is 25.6. The van der Waals surface area contributed by atoms with Crippen molar-refractivity contribution in [3.63, 3.8) is 0 Å². The van der Waals surface area contributed by atoms with Crippen LogP contribution in [-0.2, 0) is 4.74 Å². The zero-order valence-electron chi connectivity index (χ0n) is 21.6. The monoisotopic (exact) mass is 435 g/mol. The van der Waals surface area contributed by atoms with Crippen LogP contribution in [0.15, 0.2) is 58.7 Å². The fraction of sp³-hybridized carbons (Fsp3) is 0.500. The Bertz CT molecular complexity index is 903. The van der Waals surface area contributed by atoms with Gasteiger partial charge in [0, 0.05) is 0 Å². The number of anilines is 1. The van der Waals surface area contributed by atoms with Crippen molar-refractivity contribution in [3.05, 3.63) is 70.6 Å². The molecular weight excluding hydrogens is 394 g/mol.